The summed E-state index contributed by atoms with van der Waals surface area (Å²) in [7, 11) is 3.48. The number of hydrogen-bond acceptors (Lipinski definition) is 4. The second-order valence-electron chi connectivity index (χ2n) is 2.47. The minimum Gasteiger partial charge on any atom is -0.383 e. The lowest BCUT2D eigenvalue weighted by molar-refractivity contribution is 0.206. The van der Waals surface area contributed by atoms with Crippen molar-refractivity contribution in [3.8, 4) is 0 Å². The standard InChI is InChI=1S/C7H12N2O3/c1-9(3-4-11-2)6-5-7(10)12-8-6/h5,8H,3-4H2,1-2H3. The van der Waals surface area contributed by atoms with Crippen molar-refractivity contribution < 1.29 is 9.26 Å². The molecule has 0 unspecified atom stereocenters. The van der Waals surface area contributed by atoms with Crippen molar-refractivity contribution in [3.63, 3.8) is 0 Å². The number of ether oxygens (including phenoxy) is 1. The maximum atomic E-state index is 10.6. The average Bonchev–Trinajstić information content (AvgIpc) is 2.47. The first kappa shape index (κ1) is 8.86. The molecule has 5 nitrogen and oxygen atoms in total. The number of nitrogens with zero attached hydrogens (tertiary/aromatic N) is 1. The molecule has 1 aromatic heterocycles. The number of methoxy groups -OCH3 is 1. The zero-order chi connectivity index (χ0) is 8.97. The molecule has 1 rings (SSSR count). The number of aromatic amines is 1. The number of aromatic nitrogens is 1. The fourth-order valence-electron chi connectivity index (χ4n) is 0.810. The number of rotatable bonds is 4. The molecule has 0 radical (unpaired) electrons. The van der Waals surface area contributed by atoms with Gasteiger partial charge in [0.2, 0.25) is 0 Å². The van der Waals surface area contributed by atoms with Crippen molar-refractivity contribution in [2.24, 2.45) is 0 Å². The number of likely N-dealkylation sites (N-methyl/N-ethyl adjacent to an activating group) is 1. The van der Waals surface area contributed by atoms with Gasteiger partial charge in [0.05, 0.1) is 12.7 Å². The molecule has 0 aromatic carbocycles. The lowest BCUT2D eigenvalue weighted by Gasteiger charge is -2.14. The van der Waals surface area contributed by atoms with Crippen molar-refractivity contribution in [1.82, 2.24) is 5.16 Å². The van der Waals surface area contributed by atoms with E-state index in [-0.39, 0.29) is 5.63 Å². The summed E-state index contributed by atoms with van der Waals surface area (Å²) < 4.78 is 9.38. The van der Waals surface area contributed by atoms with E-state index in [4.69, 9.17) is 4.74 Å². The highest BCUT2D eigenvalue weighted by Gasteiger charge is 2.03. The van der Waals surface area contributed by atoms with E-state index < -0.39 is 0 Å². The molecule has 1 heterocycles. The zero-order valence-corrected chi connectivity index (χ0v) is 7.16. The maximum Gasteiger partial charge on any atom is 0.359 e. The Labute approximate surface area is 69.9 Å². The molecule has 0 atom stereocenters. The van der Waals surface area contributed by atoms with E-state index in [2.05, 4.69) is 9.68 Å². The Bertz CT molecular complexity index is 278. The highest BCUT2D eigenvalue weighted by atomic mass is 16.5. The molecule has 0 amide bonds. The highest BCUT2D eigenvalue weighted by molar-refractivity contribution is 5.33. The van der Waals surface area contributed by atoms with Crippen LogP contribution in [-0.4, -0.2) is 32.5 Å². The summed E-state index contributed by atoms with van der Waals surface area (Å²) in [5.41, 5.74) is -0.366. The van der Waals surface area contributed by atoms with Crippen molar-refractivity contribution in [2.75, 3.05) is 32.2 Å². The Balaban J connectivity index is 2.53. The van der Waals surface area contributed by atoms with Crippen molar-refractivity contribution >= 4 is 5.82 Å². The van der Waals surface area contributed by atoms with Crippen LogP contribution in [0, 0.1) is 0 Å². The van der Waals surface area contributed by atoms with Crippen LogP contribution in [0.4, 0.5) is 5.82 Å². The van der Waals surface area contributed by atoms with Crippen LogP contribution < -0.4 is 10.5 Å². The Morgan fingerprint density at radius 2 is 2.50 bits per heavy atom. The van der Waals surface area contributed by atoms with Gasteiger partial charge in [-0.05, 0) is 0 Å². The first-order valence-electron chi connectivity index (χ1n) is 3.62. The first-order chi connectivity index (χ1) is 5.74. The lowest BCUT2D eigenvalue weighted by Crippen LogP contribution is -2.22. The van der Waals surface area contributed by atoms with Crippen LogP contribution in [0.2, 0.25) is 0 Å². The molecule has 0 fully saturated rings. The second kappa shape index (κ2) is 3.96. The summed E-state index contributed by atoms with van der Waals surface area (Å²) in [4.78, 5) is 12.5. The lowest BCUT2D eigenvalue weighted by atomic mass is 10.5. The monoisotopic (exact) mass is 172 g/mol. The Hall–Kier alpha value is -1.23. The third kappa shape index (κ3) is 2.13. The molecule has 68 valence electrons. The summed E-state index contributed by atoms with van der Waals surface area (Å²) in [5.74, 6) is 0.664. The molecule has 12 heavy (non-hydrogen) atoms. The largest absolute Gasteiger partial charge is 0.383 e. The molecule has 0 aliphatic heterocycles. The zero-order valence-electron chi connectivity index (χ0n) is 7.16. The predicted molar refractivity (Wildman–Crippen MR) is 44.5 cm³/mol. The van der Waals surface area contributed by atoms with Crippen LogP contribution >= 0.6 is 0 Å². The number of anilines is 1. The Morgan fingerprint density at radius 3 is 3.00 bits per heavy atom. The topological polar surface area (TPSA) is 58.5 Å². The van der Waals surface area contributed by atoms with Gasteiger partial charge in [-0.2, -0.15) is 0 Å². The smallest absolute Gasteiger partial charge is 0.359 e. The molecule has 0 spiro atoms. The van der Waals surface area contributed by atoms with Gasteiger partial charge in [0.1, 0.15) is 5.82 Å². The maximum absolute atomic E-state index is 10.6. The second-order valence-corrected chi connectivity index (χ2v) is 2.47. The van der Waals surface area contributed by atoms with E-state index >= 15 is 0 Å². The van der Waals surface area contributed by atoms with Gasteiger partial charge >= 0.3 is 5.63 Å². The Morgan fingerprint density at radius 1 is 1.75 bits per heavy atom. The molecule has 0 bridgehead atoms. The van der Waals surface area contributed by atoms with Gasteiger partial charge in [0.25, 0.3) is 0 Å². The van der Waals surface area contributed by atoms with Crippen molar-refractivity contribution in [1.29, 1.82) is 0 Å². The van der Waals surface area contributed by atoms with E-state index in [9.17, 15) is 4.79 Å². The van der Waals surface area contributed by atoms with Gasteiger partial charge in [-0.25, -0.2) is 9.95 Å². The van der Waals surface area contributed by atoms with Crippen molar-refractivity contribution in [2.45, 2.75) is 0 Å². The fourth-order valence-corrected chi connectivity index (χ4v) is 0.810. The third-order valence-corrected chi connectivity index (χ3v) is 1.55. The summed E-state index contributed by atoms with van der Waals surface area (Å²) in [5, 5.41) is 2.50. The van der Waals surface area contributed by atoms with Gasteiger partial charge in [0.15, 0.2) is 0 Å². The molecule has 0 saturated carbocycles. The van der Waals surface area contributed by atoms with Gasteiger partial charge in [-0.1, -0.05) is 0 Å². The van der Waals surface area contributed by atoms with Crippen LogP contribution in [0.15, 0.2) is 15.4 Å². The number of H-pyrrole nitrogens is 1. The SMILES string of the molecule is COCCN(C)c1cc(=O)o[nH]1. The average molecular weight is 172 g/mol. The molecular weight excluding hydrogens is 160 g/mol. The third-order valence-electron chi connectivity index (χ3n) is 1.55. The number of nitrogens with one attached hydrogen (secondary N) is 1. The molecule has 0 aliphatic rings. The van der Waals surface area contributed by atoms with E-state index in [1.54, 1.807) is 7.11 Å². The van der Waals surface area contributed by atoms with Gasteiger partial charge in [-0.15, -0.1) is 0 Å². The van der Waals surface area contributed by atoms with Crippen LogP contribution in [0.25, 0.3) is 0 Å². The van der Waals surface area contributed by atoms with Crippen molar-refractivity contribution in [3.05, 3.63) is 16.5 Å². The first-order valence-corrected chi connectivity index (χ1v) is 3.62. The normalized spacial score (nSPS) is 10.2. The minimum atomic E-state index is -0.366. The molecular formula is C7H12N2O3. The molecule has 1 N–H and O–H groups in total. The van der Waals surface area contributed by atoms with Crippen LogP contribution in [-0.2, 0) is 4.74 Å². The summed E-state index contributed by atoms with van der Waals surface area (Å²) in [6, 6.07) is 1.40. The molecule has 0 saturated heterocycles. The van der Waals surface area contributed by atoms with Crippen LogP contribution in [0.1, 0.15) is 0 Å². The molecule has 1 aromatic rings. The van der Waals surface area contributed by atoms with Gasteiger partial charge < -0.3 is 14.2 Å². The minimum absolute atomic E-state index is 0.366. The predicted octanol–water partition coefficient (Wildman–Crippen LogP) is 0.0505. The molecule has 0 aliphatic carbocycles. The fraction of sp³-hybridized carbons (Fsp3) is 0.571. The number of hydrogen-bond donors (Lipinski definition) is 1. The highest BCUT2D eigenvalue weighted by Crippen LogP contribution is 2.02. The van der Waals surface area contributed by atoms with Gasteiger partial charge in [-0.3, -0.25) is 0 Å². The van der Waals surface area contributed by atoms with Crippen LogP contribution in [0.5, 0.6) is 0 Å². The summed E-state index contributed by atoms with van der Waals surface area (Å²) in [6.45, 7) is 1.33. The van der Waals surface area contributed by atoms with Gasteiger partial charge in [0, 0.05) is 20.7 Å². The van der Waals surface area contributed by atoms with E-state index in [0.717, 1.165) is 0 Å². The van der Waals surface area contributed by atoms with E-state index in [0.29, 0.717) is 19.0 Å². The summed E-state index contributed by atoms with van der Waals surface area (Å²) >= 11 is 0. The van der Waals surface area contributed by atoms with E-state index in [1.165, 1.54) is 6.07 Å². The van der Waals surface area contributed by atoms with Crippen LogP contribution in [0.3, 0.4) is 0 Å². The quantitative estimate of drug-likeness (QED) is 0.697. The van der Waals surface area contributed by atoms with E-state index in [1.807, 2.05) is 11.9 Å². The summed E-state index contributed by atoms with van der Waals surface area (Å²) in [6.07, 6.45) is 0. The Kier molecular flexibility index (Phi) is 2.93. The molecule has 5 heteroatoms.